The Morgan fingerprint density at radius 2 is 1.62 bits per heavy atom. The average Bonchev–Trinajstić information content (AvgIpc) is 1.35. The maximum Gasteiger partial charge on any atom is 0.316 e. The van der Waals surface area contributed by atoms with Crippen molar-refractivity contribution in [1.29, 1.82) is 0 Å². The van der Waals surface area contributed by atoms with Crippen LogP contribution in [0.25, 0.3) is 0 Å². The first-order chi connectivity index (χ1) is 2.56. The minimum atomic E-state index is -3.66. The normalized spacial score (nSPS) is 8.75. The van der Waals surface area contributed by atoms with Crippen molar-refractivity contribution < 1.29 is 17.7 Å². The summed E-state index contributed by atoms with van der Waals surface area (Å²) < 4.78 is 26.9. The lowest BCUT2D eigenvalue weighted by Crippen LogP contribution is -1.97. The highest BCUT2D eigenvalue weighted by Gasteiger charge is 1.93. The summed E-state index contributed by atoms with van der Waals surface area (Å²) in [6, 6.07) is 0. The Balaban J connectivity index is -0.000000125. The van der Waals surface area contributed by atoms with Gasteiger partial charge in [0.05, 0.1) is 5.75 Å². The molecular weight excluding hydrogens is 147 g/mol. The van der Waals surface area contributed by atoms with Crippen LogP contribution in [-0.4, -0.2) is 41.8 Å². The van der Waals surface area contributed by atoms with Gasteiger partial charge in [0.2, 0.25) is 0 Å². The molecule has 1 N–H and O–H groups in total. The van der Waals surface area contributed by atoms with Crippen molar-refractivity contribution in [3.63, 3.8) is 0 Å². The Bertz CT molecular complexity index is 119. The van der Waals surface area contributed by atoms with Gasteiger partial charge < -0.3 is 0 Å². The number of hydrogen-bond acceptors (Lipinski definition) is 2. The predicted molar refractivity (Wildman–Crippen MR) is 33.1 cm³/mol. The number of hydrogen-bond donors (Lipinski definition) is 1. The van der Waals surface area contributed by atoms with Gasteiger partial charge in [-0.1, -0.05) is 0 Å². The molecule has 0 aliphatic rings. The number of halogens is 1. The molecule has 0 spiro atoms. The topological polar surface area (TPSA) is 54.4 Å². The van der Waals surface area contributed by atoms with Crippen LogP contribution in [0, 0.1) is 0 Å². The van der Waals surface area contributed by atoms with Gasteiger partial charge in [0, 0.05) is 0 Å². The quantitative estimate of drug-likeness (QED) is 0.397. The molecule has 0 aromatic heterocycles. The Labute approximate surface area is 63.7 Å². The van der Waals surface area contributed by atoms with Crippen LogP contribution < -0.4 is 0 Å². The molecule has 0 saturated carbocycles. The highest BCUT2D eigenvalue weighted by Crippen LogP contribution is 1.74. The van der Waals surface area contributed by atoms with E-state index in [9.17, 15) is 8.42 Å². The Hall–Kier alpha value is 0.606. The molecule has 50 valence electrons. The molecule has 0 unspecified atom stereocenters. The second kappa shape index (κ2) is 5.74. The zero-order valence-electron chi connectivity index (χ0n) is 3.79. The molecule has 0 atom stereocenters. The standard InChI is InChI=1S/C2H6O3S.FH.Mg.2H/c1-2-6(3,4)5;;;;/h2H2,1H3,(H,3,4,5);1H;;;. The van der Waals surface area contributed by atoms with E-state index in [0.717, 1.165) is 0 Å². The molecule has 0 aliphatic carbocycles. The first-order valence-corrected chi connectivity index (χ1v) is 3.12. The maximum absolute atomic E-state index is 9.56. The minimum Gasteiger partial charge on any atom is -0.286 e. The maximum atomic E-state index is 9.56. The van der Waals surface area contributed by atoms with Gasteiger partial charge in [0.1, 0.15) is 0 Å². The van der Waals surface area contributed by atoms with Crippen molar-refractivity contribution >= 4 is 33.2 Å². The zero-order valence-corrected chi connectivity index (χ0v) is 4.60. The molecule has 0 fully saturated rings. The van der Waals surface area contributed by atoms with Gasteiger partial charge in [-0.15, -0.1) is 0 Å². The fourth-order valence-electron chi connectivity index (χ4n) is 0. The summed E-state index contributed by atoms with van der Waals surface area (Å²) in [5.41, 5.74) is 0. The third kappa shape index (κ3) is 16.0. The van der Waals surface area contributed by atoms with Crippen LogP contribution in [0.2, 0.25) is 0 Å². The van der Waals surface area contributed by atoms with Gasteiger partial charge >= 0.3 is 23.1 Å². The van der Waals surface area contributed by atoms with E-state index in [1.807, 2.05) is 0 Å². The van der Waals surface area contributed by atoms with Crippen LogP contribution in [-0.2, 0) is 10.1 Å². The smallest absolute Gasteiger partial charge is 0.286 e. The summed E-state index contributed by atoms with van der Waals surface area (Å²) >= 11 is 0. The van der Waals surface area contributed by atoms with Crippen molar-refractivity contribution in [2.45, 2.75) is 6.92 Å². The fraction of sp³-hybridized carbons (Fsp3) is 1.00. The monoisotopic (exact) mass is 156 g/mol. The van der Waals surface area contributed by atoms with Gasteiger partial charge in [-0.25, -0.2) is 0 Å². The van der Waals surface area contributed by atoms with Gasteiger partial charge in [0.25, 0.3) is 10.1 Å². The molecule has 0 rings (SSSR count). The highest BCUT2D eigenvalue weighted by atomic mass is 32.2. The van der Waals surface area contributed by atoms with Crippen LogP contribution >= 0.6 is 0 Å². The van der Waals surface area contributed by atoms with Crippen molar-refractivity contribution in [2.75, 3.05) is 5.75 Å². The number of rotatable bonds is 1. The molecule has 3 nitrogen and oxygen atoms in total. The van der Waals surface area contributed by atoms with Gasteiger partial charge in [-0.2, -0.15) is 8.42 Å². The van der Waals surface area contributed by atoms with E-state index in [4.69, 9.17) is 4.55 Å². The van der Waals surface area contributed by atoms with Crippen LogP contribution in [0.1, 0.15) is 6.92 Å². The van der Waals surface area contributed by atoms with E-state index in [2.05, 4.69) is 0 Å². The lowest BCUT2D eigenvalue weighted by Gasteiger charge is -1.79. The van der Waals surface area contributed by atoms with E-state index < -0.39 is 10.1 Å². The largest absolute Gasteiger partial charge is 0.316 e. The van der Waals surface area contributed by atoms with E-state index in [-0.39, 0.29) is 33.5 Å². The van der Waals surface area contributed by atoms with Gasteiger partial charge in [-0.3, -0.25) is 9.26 Å². The van der Waals surface area contributed by atoms with Gasteiger partial charge in [0.15, 0.2) is 0 Å². The zero-order chi connectivity index (χ0) is 5.21. The summed E-state index contributed by atoms with van der Waals surface area (Å²) in [7, 11) is -3.66. The summed E-state index contributed by atoms with van der Waals surface area (Å²) in [5.74, 6) is -0.201. The van der Waals surface area contributed by atoms with Crippen molar-refractivity contribution in [3.05, 3.63) is 0 Å². The van der Waals surface area contributed by atoms with Crippen LogP contribution in [0.15, 0.2) is 0 Å². The third-order valence-corrected chi connectivity index (χ3v) is 1.09. The molecule has 0 saturated heterocycles. The molecule has 0 aliphatic heterocycles. The second-order valence-electron chi connectivity index (χ2n) is 0.871. The molecule has 0 bridgehead atoms. The van der Waals surface area contributed by atoms with E-state index >= 15 is 0 Å². The Morgan fingerprint density at radius 1 is 1.50 bits per heavy atom. The van der Waals surface area contributed by atoms with Crippen molar-refractivity contribution in [3.8, 4) is 0 Å². The van der Waals surface area contributed by atoms with Gasteiger partial charge in [-0.05, 0) is 6.92 Å². The summed E-state index contributed by atoms with van der Waals surface area (Å²) in [6.07, 6.45) is 0. The molecule has 0 aromatic carbocycles. The molecule has 0 radical (unpaired) electrons. The molecule has 0 amide bonds. The summed E-state index contributed by atoms with van der Waals surface area (Å²) in [6.45, 7) is 1.37. The lowest BCUT2D eigenvalue weighted by atomic mass is 11.0. The minimum absolute atomic E-state index is 0. The summed E-state index contributed by atoms with van der Waals surface area (Å²) in [4.78, 5) is 0. The fourth-order valence-corrected chi connectivity index (χ4v) is 0. The molecule has 0 heterocycles. The molecule has 6 heteroatoms. The van der Waals surface area contributed by atoms with Crippen LogP contribution in [0.5, 0.6) is 0 Å². The van der Waals surface area contributed by atoms with Crippen LogP contribution in [0.4, 0.5) is 4.70 Å². The second-order valence-corrected chi connectivity index (χ2v) is 2.61. The van der Waals surface area contributed by atoms with Crippen molar-refractivity contribution in [1.82, 2.24) is 0 Å². The van der Waals surface area contributed by atoms with E-state index in [0.29, 0.717) is 0 Å². The highest BCUT2D eigenvalue weighted by molar-refractivity contribution is 7.85. The molecule has 0 aromatic rings. The third-order valence-electron chi connectivity index (χ3n) is 0.365. The Kier molecular flexibility index (Phi) is 11.4. The lowest BCUT2D eigenvalue weighted by molar-refractivity contribution is 0.484. The molecular formula is C2H9FMgO3S. The molecule has 8 heavy (non-hydrogen) atoms. The first-order valence-electron chi connectivity index (χ1n) is 1.51. The first kappa shape index (κ1) is 15.8. The Morgan fingerprint density at radius 3 is 1.62 bits per heavy atom. The SMILES string of the molecule is CCS(=O)(=O)O.F.[MgH2]. The van der Waals surface area contributed by atoms with Crippen LogP contribution in [0.3, 0.4) is 0 Å². The van der Waals surface area contributed by atoms with E-state index in [1.54, 1.807) is 0 Å². The predicted octanol–water partition coefficient (Wildman–Crippen LogP) is -0.870. The summed E-state index contributed by atoms with van der Waals surface area (Å²) in [5, 5.41) is 0. The van der Waals surface area contributed by atoms with Crippen molar-refractivity contribution in [2.24, 2.45) is 0 Å². The average molecular weight is 156 g/mol. The van der Waals surface area contributed by atoms with E-state index in [1.165, 1.54) is 6.92 Å².